The molecule has 4 heteroatoms. The van der Waals surface area contributed by atoms with E-state index in [1.807, 2.05) is 6.20 Å². The molecule has 3 rings (SSSR count). The smallest absolute Gasteiger partial charge is 0.223 e. The first-order chi connectivity index (χ1) is 9.76. The minimum absolute atomic E-state index is 0.431. The van der Waals surface area contributed by atoms with Gasteiger partial charge in [0.25, 0.3) is 0 Å². The van der Waals surface area contributed by atoms with Crippen LogP contribution in [0.4, 0.5) is 5.95 Å². The molecule has 0 amide bonds. The number of nitrogens with one attached hydrogen (secondary N) is 2. The van der Waals surface area contributed by atoms with Crippen LogP contribution in [0.25, 0.3) is 0 Å². The van der Waals surface area contributed by atoms with E-state index in [0.717, 1.165) is 38.3 Å². The lowest BCUT2D eigenvalue weighted by Crippen LogP contribution is -2.26. The predicted octanol–water partition coefficient (Wildman–Crippen LogP) is 2.59. The molecule has 0 saturated heterocycles. The van der Waals surface area contributed by atoms with Crippen LogP contribution in [-0.2, 0) is 13.0 Å². The molecule has 2 aliphatic rings. The van der Waals surface area contributed by atoms with Crippen LogP contribution >= 0.6 is 0 Å². The molecule has 1 aromatic rings. The van der Waals surface area contributed by atoms with Gasteiger partial charge >= 0.3 is 0 Å². The molecule has 0 radical (unpaired) electrons. The summed E-state index contributed by atoms with van der Waals surface area (Å²) in [7, 11) is 0. The summed E-state index contributed by atoms with van der Waals surface area (Å²) in [5.41, 5.74) is 5.35. The van der Waals surface area contributed by atoms with Crippen molar-refractivity contribution in [3.05, 3.63) is 40.8 Å². The van der Waals surface area contributed by atoms with E-state index >= 15 is 0 Å². The molecule has 20 heavy (non-hydrogen) atoms. The third-order valence-electron chi connectivity index (χ3n) is 4.08. The highest BCUT2D eigenvalue weighted by Gasteiger charge is 2.21. The standard InChI is InChI=1S/C16H22N4/c1-3-4-12-8-14(7-11(12)2)19-16-18-10-13-9-17-6-5-15(13)20-16/h3-4,10,14,17H,5-9H2,1-2H3,(H,18,19,20). The summed E-state index contributed by atoms with van der Waals surface area (Å²) in [5, 5.41) is 6.84. The average molecular weight is 270 g/mol. The number of hydrogen-bond donors (Lipinski definition) is 2. The number of nitrogens with zero attached hydrogens (tertiary/aromatic N) is 2. The van der Waals surface area contributed by atoms with Crippen LogP contribution in [0.15, 0.2) is 29.5 Å². The maximum Gasteiger partial charge on any atom is 0.223 e. The molecule has 1 atom stereocenters. The summed E-state index contributed by atoms with van der Waals surface area (Å²) in [4.78, 5) is 9.13. The normalized spacial score (nSPS) is 22.4. The Morgan fingerprint density at radius 3 is 3.15 bits per heavy atom. The Kier molecular flexibility index (Phi) is 3.83. The molecule has 0 fully saturated rings. The molecular weight excluding hydrogens is 248 g/mol. The fourth-order valence-corrected chi connectivity index (χ4v) is 3.01. The van der Waals surface area contributed by atoms with Gasteiger partial charge in [-0.05, 0) is 32.3 Å². The average Bonchev–Trinajstić information content (AvgIpc) is 2.79. The van der Waals surface area contributed by atoms with Gasteiger partial charge in [0.2, 0.25) is 5.95 Å². The molecule has 2 heterocycles. The van der Waals surface area contributed by atoms with Crippen LogP contribution in [-0.4, -0.2) is 22.6 Å². The van der Waals surface area contributed by atoms with E-state index in [4.69, 9.17) is 0 Å². The molecule has 1 aliphatic carbocycles. The Balaban J connectivity index is 1.68. The summed E-state index contributed by atoms with van der Waals surface area (Å²) >= 11 is 0. The number of rotatable bonds is 3. The Bertz CT molecular complexity index is 560. The third kappa shape index (κ3) is 2.75. The Hall–Kier alpha value is -1.68. The van der Waals surface area contributed by atoms with E-state index in [1.165, 1.54) is 22.4 Å². The van der Waals surface area contributed by atoms with Gasteiger partial charge in [-0.3, -0.25) is 0 Å². The van der Waals surface area contributed by atoms with Crippen LogP contribution in [0.5, 0.6) is 0 Å². The Morgan fingerprint density at radius 2 is 2.30 bits per heavy atom. The van der Waals surface area contributed by atoms with Gasteiger partial charge in [0, 0.05) is 37.3 Å². The molecule has 2 N–H and O–H groups in total. The van der Waals surface area contributed by atoms with Crippen LogP contribution in [0.1, 0.15) is 37.9 Å². The molecule has 106 valence electrons. The van der Waals surface area contributed by atoms with Gasteiger partial charge < -0.3 is 10.6 Å². The zero-order chi connectivity index (χ0) is 13.9. The van der Waals surface area contributed by atoms with Crippen molar-refractivity contribution in [2.45, 2.75) is 45.7 Å². The monoisotopic (exact) mass is 270 g/mol. The zero-order valence-electron chi connectivity index (χ0n) is 12.2. The van der Waals surface area contributed by atoms with E-state index in [2.05, 4.69) is 46.6 Å². The van der Waals surface area contributed by atoms with Gasteiger partial charge in [0.1, 0.15) is 0 Å². The van der Waals surface area contributed by atoms with Crippen molar-refractivity contribution < 1.29 is 0 Å². The predicted molar refractivity (Wildman–Crippen MR) is 81.6 cm³/mol. The quantitative estimate of drug-likeness (QED) is 0.886. The highest BCUT2D eigenvalue weighted by Crippen LogP contribution is 2.28. The van der Waals surface area contributed by atoms with Gasteiger partial charge in [-0.15, -0.1) is 0 Å². The van der Waals surface area contributed by atoms with Crippen LogP contribution in [0.3, 0.4) is 0 Å². The molecule has 0 bridgehead atoms. The van der Waals surface area contributed by atoms with E-state index in [1.54, 1.807) is 0 Å². The largest absolute Gasteiger partial charge is 0.351 e. The van der Waals surface area contributed by atoms with E-state index in [0.29, 0.717) is 6.04 Å². The molecule has 0 aromatic carbocycles. The molecule has 1 aliphatic heterocycles. The highest BCUT2D eigenvalue weighted by atomic mass is 15.1. The van der Waals surface area contributed by atoms with Gasteiger partial charge in [-0.25, -0.2) is 9.97 Å². The van der Waals surface area contributed by atoms with Crippen molar-refractivity contribution in [3.8, 4) is 0 Å². The minimum Gasteiger partial charge on any atom is -0.351 e. The maximum atomic E-state index is 4.67. The third-order valence-corrected chi connectivity index (χ3v) is 4.08. The summed E-state index contributed by atoms with van der Waals surface area (Å²) in [6, 6.07) is 0.431. The lowest BCUT2D eigenvalue weighted by molar-refractivity contribution is 0.624. The molecular formula is C16H22N4. The van der Waals surface area contributed by atoms with Crippen molar-refractivity contribution in [3.63, 3.8) is 0 Å². The minimum atomic E-state index is 0.431. The van der Waals surface area contributed by atoms with Crippen LogP contribution in [0, 0.1) is 0 Å². The van der Waals surface area contributed by atoms with E-state index in [9.17, 15) is 0 Å². The highest BCUT2D eigenvalue weighted by molar-refractivity contribution is 5.38. The topological polar surface area (TPSA) is 49.8 Å². The second kappa shape index (κ2) is 5.75. The van der Waals surface area contributed by atoms with Crippen LogP contribution in [0.2, 0.25) is 0 Å². The van der Waals surface area contributed by atoms with Crippen LogP contribution < -0.4 is 10.6 Å². The lowest BCUT2D eigenvalue weighted by Gasteiger charge is -2.18. The number of fused-ring (bicyclic) bond motifs is 1. The SMILES string of the molecule is CC=CC1=C(C)CC(Nc2ncc3c(n2)CCNC3)C1. The van der Waals surface area contributed by atoms with E-state index < -0.39 is 0 Å². The fourth-order valence-electron chi connectivity index (χ4n) is 3.01. The zero-order valence-corrected chi connectivity index (χ0v) is 12.2. The molecule has 0 saturated carbocycles. The summed E-state index contributed by atoms with van der Waals surface area (Å²) in [6.07, 6.45) is 9.44. The number of aromatic nitrogens is 2. The summed E-state index contributed by atoms with van der Waals surface area (Å²) in [5.74, 6) is 0.783. The lowest BCUT2D eigenvalue weighted by atomic mass is 10.1. The Labute approximate surface area is 120 Å². The van der Waals surface area contributed by atoms with Crippen molar-refractivity contribution in [2.24, 2.45) is 0 Å². The first-order valence-corrected chi connectivity index (χ1v) is 7.39. The van der Waals surface area contributed by atoms with Crippen molar-refractivity contribution in [1.82, 2.24) is 15.3 Å². The summed E-state index contributed by atoms with van der Waals surface area (Å²) < 4.78 is 0. The Morgan fingerprint density at radius 1 is 1.40 bits per heavy atom. The molecule has 4 nitrogen and oxygen atoms in total. The number of allylic oxidation sites excluding steroid dienone is 2. The second-order valence-corrected chi connectivity index (χ2v) is 5.65. The van der Waals surface area contributed by atoms with Crippen molar-refractivity contribution in [2.75, 3.05) is 11.9 Å². The summed E-state index contributed by atoms with van der Waals surface area (Å²) in [6.45, 7) is 6.20. The first-order valence-electron chi connectivity index (χ1n) is 7.39. The van der Waals surface area contributed by atoms with Gasteiger partial charge in [0.15, 0.2) is 0 Å². The van der Waals surface area contributed by atoms with Gasteiger partial charge in [-0.2, -0.15) is 0 Å². The number of anilines is 1. The van der Waals surface area contributed by atoms with Gasteiger partial charge in [0.05, 0.1) is 5.69 Å². The molecule has 0 spiro atoms. The first kappa shape index (κ1) is 13.3. The van der Waals surface area contributed by atoms with E-state index in [-0.39, 0.29) is 0 Å². The van der Waals surface area contributed by atoms with Crippen molar-refractivity contribution in [1.29, 1.82) is 0 Å². The fraction of sp³-hybridized carbons (Fsp3) is 0.500. The van der Waals surface area contributed by atoms with Gasteiger partial charge in [-0.1, -0.05) is 17.7 Å². The second-order valence-electron chi connectivity index (χ2n) is 5.65. The maximum absolute atomic E-state index is 4.67. The molecule has 1 unspecified atom stereocenters. The number of hydrogen-bond acceptors (Lipinski definition) is 4. The van der Waals surface area contributed by atoms with Crippen molar-refractivity contribution >= 4 is 5.95 Å². The molecule has 1 aromatic heterocycles.